The Labute approximate surface area is 96.0 Å². The van der Waals surface area contributed by atoms with Crippen molar-refractivity contribution >= 4 is 23.1 Å². The average Bonchev–Trinajstić information content (AvgIpc) is 2.18. The number of nitrogens with two attached hydrogens (primary N) is 1. The van der Waals surface area contributed by atoms with Gasteiger partial charge in [-0.2, -0.15) is 0 Å². The molecule has 7 heteroatoms. The summed E-state index contributed by atoms with van der Waals surface area (Å²) in [6.07, 6.45) is 0. The van der Waals surface area contributed by atoms with Crippen LogP contribution in [-0.2, 0) is 0 Å². The number of benzene rings is 1. The van der Waals surface area contributed by atoms with Gasteiger partial charge in [0.2, 0.25) is 0 Å². The summed E-state index contributed by atoms with van der Waals surface area (Å²) >= 11 is 0. The van der Waals surface area contributed by atoms with Gasteiger partial charge in [0.1, 0.15) is 0 Å². The van der Waals surface area contributed by atoms with Gasteiger partial charge in [-0.15, -0.1) is 0 Å². The first-order valence-corrected chi connectivity index (χ1v) is 4.59. The van der Waals surface area contributed by atoms with Crippen molar-refractivity contribution in [3.05, 3.63) is 32.9 Å². The molecule has 0 aromatic heterocycles. The van der Waals surface area contributed by atoms with Crippen LogP contribution < -0.4 is 5.73 Å². The number of hydrogen-bond donors (Lipinski definition) is 2. The number of nitrogens with zero attached hydrogens (tertiary/aromatic N) is 1. The monoisotopic (exact) mass is 238 g/mol. The molecule has 0 atom stereocenters. The van der Waals surface area contributed by atoms with E-state index in [1.165, 1.54) is 6.92 Å². The zero-order valence-electron chi connectivity index (χ0n) is 9.18. The molecular formula is C10H10N2O5. The number of rotatable bonds is 3. The molecule has 1 rings (SSSR count). The van der Waals surface area contributed by atoms with Crippen LogP contribution in [0.5, 0.6) is 0 Å². The second-order valence-electron chi connectivity index (χ2n) is 3.48. The molecule has 0 saturated carbocycles. The maximum absolute atomic E-state index is 11.3. The maximum atomic E-state index is 11.3. The number of carbonyl (C=O) groups excluding carboxylic acids is 1. The number of aromatic carboxylic acids is 1. The molecule has 0 heterocycles. The summed E-state index contributed by atoms with van der Waals surface area (Å²) in [4.78, 5) is 32.3. The fraction of sp³-hybridized carbons (Fsp3) is 0.200. The van der Waals surface area contributed by atoms with Gasteiger partial charge < -0.3 is 10.8 Å². The number of nitro benzene ring substituents is 1. The van der Waals surface area contributed by atoms with Gasteiger partial charge in [-0.1, -0.05) is 0 Å². The molecule has 0 saturated heterocycles. The number of hydrogen-bond acceptors (Lipinski definition) is 5. The molecule has 0 unspecified atom stereocenters. The van der Waals surface area contributed by atoms with Gasteiger partial charge in [0, 0.05) is 11.6 Å². The van der Waals surface area contributed by atoms with Gasteiger partial charge in [-0.25, -0.2) is 4.79 Å². The van der Waals surface area contributed by atoms with Crippen molar-refractivity contribution in [2.75, 3.05) is 5.73 Å². The van der Waals surface area contributed by atoms with Crippen LogP contribution in [0.25, 0.3) is 0 Å². The molecule has 90 valence electrons. The Bertz CT molecular complexity index is 536. The summed E-state index contributed by atoms with van der Waals surface area (Å²) < 4.78 is 0. The predicted molar refractivity (Wildman–Crippen MR) is 59.2 cm³/mol. The number of carbonyl (C=O) groups is 2. The Balaban J connectivity index is 3.78. The van der Waals surface area contributed by atoms with Gasteiger partial charge in [-0.05, 0) is 13.8 Å². The molecule has 1 aromatic rings. The van der Waals surface area contributed by atoms with Crippen molar-refractivity contribution in [3.63, 3.8) is 0 Å². The summed E-state index contributed by atoms with van der Waals surface area (Å²) in [7, 11) is 0. The van der Waals surface area contributed by atoms with E-state index in [4.69, 9.17) is 10.8 Å². The zero-order valence-corrected chi connectivity index (χ0v) is 9.18. The molecule has 0 aliphatic carbocycles. The molecule has 1 aromatic carbocycles. The van der Waals surface area contributed by atoms with Crippen LogP contribution in [-0.4, -0.2) is 21.8 Å². The topological polar surface area (TPSA) is 124 Å². The second-order valence-corrected chi connectivity index (χ2v) is 3.48. The minimum absolute atomic E-state index is 0.0816. The molecule has 17 heavy (non-hydrogen) atoms. The number of carboxylic acids is 1. The number of anilines is 1. The van der Waals surface area contributed by atoms with Crippen LogP contribution in [0.2, 0.25) is 0 Å². The van der Waals surface area contributed by atoms with Crippen molar-refractivity contribution in [3.8, 4) is 0 Å². The first-order chi connectivity index (χ1) is 7.77. The highest BCUT2D eigenvalue weighted by molar-refractivity contribution is 6.10. The lowest BCUT2D eigenvalue weighted by Gasteiger charge is -2.09. The fourth-order valence-electron chi connectivity index (χ4n) is 1.62. The standard InChI is InChI=1S/C10H10N2O5/c1-4-7(12(16)17)3-6(11)9(5(2)13)8(4)10(14)15/h3H,11H2,1-2H3,(H,14,15). The molecule has 0 amide bonds. The molecule has 0 fully saturated rings. The molecule has 0 radical (unpaired) electrons. The minimum Gasteiger partial charge on any atom is -0.478 e. The van der Waals surface area contributed by atoms with Crippen LogP contribution in [0.1, 0.15) is 33.2 Å². The van der Waals surface area contributed by atoms with E-state index >= 15 is 0 Å². The van der Waals surface area contributed by atoms with E-state index in [2.05, 4.69) is 0 Å². The van der Waals surface area contributed by atoms with E-state index < -0.39 is 27.9 Å². The van der Waals surface area contributed by atoms with Crippen molar-refractivity contribution in [2.24, 2.45) is 0 Å². The van der Waals surface area contributed by atoms with Crippen LogP contribution in [0.3, 0.4) is 0 Å². The van der Waals surface area contributed by atoms with Crippen LogP contribution in [0, 0.1) is 17.0 Å². The Kier molecular flexibility index (Phi) is 3.12. The Morgan fingerprint density at radius 2 is 1.94 bits per heavy atom. The van der Waals surface area contributed by atoms with Crippen molar-refractivity contribution < 1.29 is 19.6 Å². The molecule has 3 N–H and O–H groups in total. The SMILES string of the molecule is CC(=O)c1c(N)cc([N+](=O)[O-])c(C)c1C(=O)O. The molecule has 0 aliphatic rings. The number of nitro groups is 1. The second kappa shape index (κ2) is 4.20. The van der Waals surface area contributed by atoms with Gasteiger partial charge in [0.25, 0.3) is 5.69 Å². The highest BCUT2D eigenvalue weighted by atomic mass is 16.6. The van der Waals surface area contributed by atoms with E-state index in [0.717, 1.165) is 13.0 Å². The third kappa shape index (κ3) is 2.07. The number of ketones is 1. The van der Waals surface area contributed by atoms with Crippen molar-refractivity contribution in [1.82, 2.24) is 0 Å². The number of nitrogen functional groups attached to an aromatic ring is 1. The molecule has 0 bridgehead atoms. The minimum atomic E-state index is -1.41. The lowest BCUT2D eigenvalue weighted by molar-refractivity contribution is -0.385. The van der Waals surface area contributed by atoms with Crippen molar-refractivity contribution in [1.29, 1.82) is 0 Å². The zero-order chi connectivity index (χ0) is 13.3. The van der Waals surface area contributed by atoms with E-state index in [1.807, 2.05) is 0 Å². The predicted octanol–water partition coefficient (Wildman–Crippen LogP) is 1.39. The summed E-state index contributed by atoms with van der Waals surface area (Å²) in [5.74, 6) is -1.96. The largest absolute Gasteiger partial charge is 0.478 e. The summed E-state index contributed by atoms with van der Waals surface area (Å²) in [6, 6.07) is 0.999. The summed E-state index contributed by atoms with van der Waals surface area (Å²) in [5.41, 5.74) is 4.18. The molecule has 0 aliphatic heterocycles. The van der Waals surface area contributed by atoms with E-state index in [9.17, 15) is 19.7 Å². The summed E-state index contributed by atoms with van der Waals surface area (Å²) in [5, 5.41) is 19.7. The first kappa shape index (κ1) is 12.6. The maximum Gasteiger partial charge on any atom is 0.337 e. The highest BCUT2D eigenvalue weighted by Gasteiger charge is 2.26. The van der Waals surface area contributed by atoms with Crippen LogP contribution in [0.4, 0.5) is 11.4 Å². The van der Waals surface area contributed by atoms with Gasteiger partial charge in [-0.3, -0.25) is 14.9 Å². The van der Waals surface area contributed by atoms with Crippen LogP contribution >= 0.6 is 0 Å². The number of Topliss-reactive ketones (excluding diaryl/α,β-unsaturated/α-hetero) is 1. The smallest absolute Gasteiger partial charge is 0.337 e. The molecule has 0 spiro atoms. The quantitative estimate of drug-likeness (QED) is 0.355. The Morgan fingerprint density at radius 3 is 2.29 bits per heavy atom. The normalized spacial score (nSPS) is 10.0. The fourth-order valence-corrected chi connectivity index (χ4v) is 1.62. The van der Waals surface area contributed by atoms with Gasteiger partial charge in [0.15, 0.2) is 5.78 Å². The lowest BCUT2D eigenvalue weighted by Crippen LogP contribution is -2.13. The van der Waals surface area contributed by atoms with Gasteiger partial charge in [0.05, 0.1) is 21.7 Å². The van der Waals surface area contributed by atoms with E-state index in [0.29, 0.717) is 0 Å². The third-order valence-corrected chi connectivity index (χ3v) is 2.35. The first-order valence-electron chi connectivity index (χ1n) is 4.59. The third-order valence-electron chi connectivity index (χ3n) is 2.35. The van der Waals surface area contributed by atoms with Crippen LogP contribution in [0.15, 0.2) is 6.07 Å². The van der Waals surface area contributed by atoms with E-state index in [1.54, 1.807) is 0 Å². The molecule has 7 nitrogen and oxygen atoms in total. The Hall–Kier alpha value is -2.44. The highest BCUT2D eigenvalue weighted by Crippen LogP contribution is 2.30. The summed E-state index contributed by atoms with van der Waals surface area (Å²) in [6.45, 7) is 2.43. The average molecular weight is 238 g/mol. The van der Waals surface area contributed by atoms with E-state index in [-0.39, 0.29) is 16.8 Å². The lowest BCUT2D eigenvalue weighted by atomic mass is 9.96. The van der Waals surface area contributed by atoms with Gasteiger partial charge >= 0.3 is 5.97 Å². The number of carboxylic acid groups (broad SMARTS) is 1. The molecular weight excluding hydrogens is 228 g/mol. The van der Waals surface area contributed by atoms with Crippen molar-refractivity contribution in [2.45, 2.75) is 13.8 Å². The Morgan fingerprint density at radius 1 is 1.41 bits per heavy atom.